The summed E-state index contributed by atoms with van der Waals surface area (Å²) >= 11 is 0. The molecule has 0 rings (SSSR count). The van der Waals surface area contributed by atoms with Crippen LogP contribution in [-0.4, -0.2) is 46.1 Å². The van der Waals surface area contributed by atoms with E-state index in [1.165, 1.54) is 225 Å². The van der Waals surface area contributed by atoms with Gasteiger partial charge in [0, 0.05) is 0 Å². The van der Waals surface area contributed by atoms with Gasteiger partial charge in [-0.15, -0.1) is 0 Å². The van der Waals surface area contributed by atoms with Crippen molar-refractivity contribution < 1.29 is 20.1 Å². The predicted molar refractivity (Wildman–Crippen MR) is 250 cm³/mol. The lowest BCUT2D eigenvalue weighted by Gasteiger charge is -2.21. The molecule has 5 nitrogen and oxygen atoms in total. The predicted octanol–water partition coefficient (Wildman–Crippen LogP) is 15.3. The Morgan fingerprint density at radius 3 is 1.02 bits per heavy atom. The van der Waals surface area contributed by atoms with Crippen LogP contribution in [0.25, 0.3) is 0 Å². The molecule has 3 atom stereocenters. The summed E-state index contributed by atoms with van der Waals surface area (Å²) in [5.41, 5.74) is 0. The summed E-state index contributed by atoms with van der Waals surface area (Å²) in [4.78, 5) is 12.5. The molecular weight excluding hydrogens is 703 g/mol. The number of unbranched alkanes of at least 4 members (excludes halogenated alkanes) is 37. The molecule has 1 amide bonds. The highest BCUT2D eigenvalue weighted by Gasteiger charge is 2.22. The standard InChI is InChI=1S/C52H101NO4/c1-3-5-7-9-11-13-15-17-19-21-23-24-25-26-27-28-29-31-33-35-37-39-41-43-45-47-51(56)52(57)53-49(48-54)50(55)46-44-42-40-38-36-34-32-30-22-20-18-16-14-12-10-8-6-4-2/h26-27,44,46,49-51,54-56H,3-25,28-43,45,47-48H2,1-2H3,(H,53,57)/b27-26-,46-44+. The number of amides is 1. The molecule has 5 heteroatoms. The molecule has 0 radical (unpaired) electrons. The molecule has 0 bridgehead atoms. The third kappa shape index (κ3) is 42.8. The van der Waals surface area contributed by atoms with E-state index >= 15 is 0 Å². The van der Waals surface area contributed by atoms with Crippen LogP contribution < -0.4 is 5.32 Å². The van der Waals surface area contributed by atoms with Gasteiger partial charge in [0.15, 0.2) is 0 Å². The van der Waals surface area contributed by atoms with Gasteiger partial charge in [-0.05, 0) is 44.9 Å². The van der Waals surface area contributed by atoms with Crippen molar-refractivity contribution in [3.05, 3.63) is 24.3 Å². The third-order valence-electron chi connectivity index (χ3n) is 12.0. The summed E-state index contributed by atoms with van der Waals surface area (Å²) < 4.78 is 0. The summed E-state index contributed by atoms with van der Waals surface area (Å²) in [6, 6.07) is -0.797. The minimum absolute atomic E-state index is 0.362. The average Bonchev–Trinajstić information content (AvgIpc) is 3.22. The van der Waals surface area contributed by atoms with Crippen molar-refractivity contribution in [3.63, 3.8) is 0 Å². The maximum Gasteiger partial charge on any atom is 0.249 e. The Bertz CT molecular complexity index is 844. The number of carbonyl (C=O) groups excluding carboxylic acids is 1. The molecule has 0 aliphatic rings. The summed E-state index contributed by atoms with van der Waals surface area (Å²) in [5.74, 6) is -0.501. The minimum atomic E-state index is -1.10. The number of allylic oxidation sites excluding steroid dienone is 3. The first-order chi connectivity index (χ1) is 28.1. The van der Waals surface area contributed by atoms with Gasteiger partial charge in [-0.3, -0.25) is 4.79 Å². The maximum atomic E-state index is 12.5. The van der Waals surface area contributed by atoms with Gasteiger partial charge in [0.2, 0.25) is 5.91 Å². The third-order valence-corrected chi connectivity index (χ3v) is 12.0. The van der Waals surface area contributed by atoms with Gasteiger partial charge in [-0.2, -0.15) is 0 Å². The normalized spacial score (nSPS) is 13.6. The van der Waals surface area contributed by atoms with Crippen LogP contribution in [0.2, 0.25) is 0 Å². The number of nitrogens with one attached hydrogen (secondary N) is 1. The molecule has 0 aromatic rings. The molecule has 0 fully saturated rings. The second-order valence-electron chi connectivity index (χ2n) is 17.7. The highest BCUT2D eigenvalue weighted by molar-refractivity contribution is 5.80. The lowest BCUT2D eigenvalue weighted by Crippen LogP contribution is -2.48. The summed E-state index contributed by atoms with van der Waals surface area (Å²) in [7, 11) is 0. The van der Waals surface area contributed by atoms with E-state index < -0.39 is 24.2 Å². The highest BCUT2D eigenvalue weighted by Crippen LogP contribution is 2.16. The first kappa shape index (κ1) is 55.8. The number of hydrogen-bond acceptors (Lipinski definition) is 4. The molecule has 0 spiro atoms. The molecule has 0 aromatic heterocycles. The summed E-state index contributed by atoms with van der Waals surface area (Å²) in [6.45, 7) is 4.21. The quantitative estimate of drug-likeness (QED) is 0.0364. The van der Waals surface area contributed by atoms with Gasteiger partial charge >= 0.3 is 0 Å². The van der Waals surface area contributed by atoms with Gasteiger partial charge in [0.1, 0.15) is 6.10 Å². The van der Waals surface area contributed by atoms with Crippen LogP contribution in [0.15, 0.2) is 24.3 Å². The molecule has 3 unspecified atom stereocenters. The minimum Gasteiger partial charge on any atom is -0.394 e. The summed E-state index contributed by atoms with van der Waals surface area (Å²) in [5, 5.41) is 33.3. The Hall–Kier alpha value is -1.17. The van der Waals surface area contributed by atoms with Crippen molar-refractivity contribution in [2.75, 3.05) is 6.61 Å². The zero-order valence-electron chi connectivity index (χ0n) is 38.5. The number of hydrogen-bond donors (Lipinski definition) is 4. The van der Waals surface area contributed by atoms with E-state index in [1.54, 1.807) is 6.08 Å². The second-order valence-corrected chi connectivity index (χ2v) is 17.7. The number of rotatable bonds is 47. The maximum absolute atomic E-state index is 12.5. The van der Waals surface area contributed by atoms with Crippen LogP contribution in [0.4, 0.5) is 0 Å². The number of aliphatic hydroxyl groups excluding tert-OH is 3. The Morgan fingerprint density at radius 1 is 0.421 bits per heavy atom. The Morgan fingerprint density at radius 2 is 0.702 bits per heavy atom. The van der Waals surface area contributed by atoms with Crippen molar-refractivity contribution in [1.29, 1.82) is 0 Å². The van der Waals surface area contributed by atoms with E-state index in [9.17, 15) is 20.1 Å². The van der Waals surface area contributed by atoms with E-state index in [1.807, 2.05) is 6.08 Å². The van der Waals surface area contributed by atoms with Crippen molar-refractivity contribution in [1.82, 2.24) is 5.32 Å². The van der Waals surface area contributed by atoms with Crippen LogP contribution >= 0.6 is 0 Å². The van der Waals surface area contributed by atoms with Gasteiger partial charge in [0.05, 0.1) is 18.8 Å². The van der Waals surface area contributed by atoms with Gasteiger partial charge in [0.25, 0.3) is 0 Å². The Balaban J connectivity index is 3.60. The van der Waals surface area contributed by atoms with Crippen molar-refractivity contribution in [2.45, 2.75) is 295 Å². The molecule has 57 heavy (non-hydrogen) atoms. The average molecular weight is 804 g/mol. The molecule has 0 aliphatic carbocycles. The fourth-order valence-electron chi connectivity index (χ4n) is 8.01. The number of carbonyl (C=O) groups is 1. The summed E-state index contributed by atoms with van der Waals surface area (Å²) in [6.07, 6.45) is 59.5. The molecule has 0 aromatic carbocycles. The fraction of sp³-hybridized carbons (Fsp3) is 0.904. The van der Waals surface area contributed by atoms with Gasteiger partial charge in [-0.1, -0.05) is 256 Å². The van der Waals surface area contributed by atoms with Crippen molar-refractivity contribution >= 4 is 5.91 Å². The molecule has 0 heterocycles. The van der Waals surface area contributed by atoms with Crippen LogP contribution in [-0.2, 0) is 4.79 Å². The van der Waals surface area contributed by atoms with Crippen LogP contribution in [0.1, 0.15) is 277 Å². The van der Waals surface area contributed by atoms with Gasteiger partial charge in [-0.25, -0.2) is 0 Å². The molecule has 0 aliphatic heterocycles. The van der Waals surface area contributed by atoms with Crippen LogP contribution in [0.3, 0.4) is 0 Å². The lowest BCUT2D eigenvalue weighted by molar-refractivity contribution is -0.131. The van der Waals surface area contributed by atoms with Crippen LogP contribution in [0.5, 0.6) is 0 Å². The molecule has 338 valence electrons. The zero-order valence-corrected chi connectivity index (χ0v) is 38.5. The Kier molecular flexibility index (Phi) is 46.5. The largest absolute Gasteiger partial charge is 0.394 e. The van der Waals surface area contributed by atoms with E-state index in [0.29, 0.717) is 6.42 Å². The van der Waals surface area contributed by atoms with E-state index in [2.05, 4.69) is 31.3 Å². The second kappa shape index (κ2) is 47.5. The zero-order chi connectivity index (χ0) is 41.5. The Labute approximate surface area is 356 Å². The smallest absolute Gasteiger partial charge is 0.249 e. The van der Waals surface area contributed by atoms with E-state index in [0.717, 1.165) is 32.1 Å². The van der Waals surface area contributed by atoms with E-state index in [4.69, 9.17) is 0 Å². The molecular formula is C52H101NO4. The molecule has 4 N–H and O–H groups in total. The number of aliphatic hydroxyl groups is 3. The fourth-order valence-corrected chi connectivity index (χ4v) is 8.01. The van der Waals surface area contributed by atoms with Crippen LogP contribution in [0, 0.1) is 0 Å². The first-order valence-corrected chi connectivity index (χ1v) is 25.7. The SMILES string of the molecule is CCCCCCCCCCCCCC/C=C\CCCCCCCCCCCC(O)C(=O)NC(CO)C(O)/C=C/CCCCCCCCCCCCCCCCCC. The first-order valence-electron chi connectivity index (χ1n) is 25.7. The van der Waals surface area contributed by atoms with Crippen molar-refractivity contribution in [2.24, 2.45) is 0 Å². The lowest BCUT2D eigenvalue weighted by atomic mass is 10.0. The highest BCUT2D eigenvalue weighted by atomic mass is 16.3. The van der Waals surface area contributed by atoms with Crippen molar-refractivity contribution in [3.8, 4) is 0 Å². The molecule has 0 saturated carbocycles. The monoisotopic (exact) mass is 804 g/mol. The van der Waals surface area contributed by atoms with E-state index in [-0.39, 0.29) is 6.61 Å². The van der Waals surface area contributed by atoms with Gasteiger partial charge < -0.3 is 20.6 Å². The topological polar surface area (TPSA) is 89.8 Å². The molecule has 0 saturated heterocycles.